The molecular formula is C24H30N2. The molecule has 1 atom stereocenters. The molecule has 2 heteroatoms. The summed E-state index contributed by atoms with van der Waals surface area (Å²) in [6, 6.07) is 20.8. The molecule has 0 aromatic heterocycles. The molecule has 0 radical (unpaired) electrons. The van der Waals surface area contributed by atoms with Crippen LogP contribution in [0.5, 0.6) is 0 Å². The summed E-state index contributed by atoms with van der Waals surface area (Å²) in [5.74, 6) is 0. The van der Waals surface area contributed by atoms with E-state index in [1.807, 2.05) is 0 Å². The summed E-state index contributed by atoms with van der Waals surface area (Å²) in [4.78, 5) is 2.71. The second-order valence-electron chi connectivity index (χ2n) is 7.53. The van der Waals surface area contributed by atoms with Crippen molar-refractivity contribution in [1.29, 1.82) is 0 Å². The first-order valence-corrected chi connectivity index (χ1v) is 10.2. The summed E-state index contributed by atoms with van der Waals surface area (Å²) in [7, 11) is 0. The molecule has 3 aromatic rings. The van der Waals surface area contributed by atoms with Crippen LogP contribution < -0.4 is 5.32 Å². The maximum absolute atomic E-state index is 3.51. The molecule has 0 saturated carbocycles. The Bertz CT molecular complexity index is 864. The van der Waals surface area contributed by atoms with Crippen LogP contribution in [0.4, 0.5) is 0 Å². The van der Waals surface area contributed by atoms with Crippen molar-refractivity contribution in [1.82, 2.24) is 10.2 Å². The van der Waals surface area contributed by atoms with E-state index in [1.54, 1.807) is 0 Å². The lowest BCUT2D eigenvalue weighted by Gasteiger charge is -2.36. The number of hydrogen-bond donors (Lipinski definition) is 1. The van der Waals surface area contributed by atoms with E-state index in [9.17, 15) is 0 Å². The van der Waals surface area contributed by atoms with Crippen LogP contribution in [0.3, 0.4) is 0 Å². The van der Waals surface area contributed by atoms with Crippen LogP contribution in [0.25, 0.3) is 21.5 Å². The summed E-state index contributed by atoms with van der Waals surface area (Å²) in [5.41, 5.74) is 1.53. The van der Waals surface area contributed by atoms with E-state index in [-0.39, 0.29) is 0 Å². The van der Waals surface area contributed by atoms with Gasteiger partial charge in [-0.05, 0) is 39.6 Å². The third-order valence-electron chi connectivity index (χ3n) is 5.83. The van der Waals surface area contributed by atoms with Crippen LogP contribution >= 0.6 is 0 Å². The minimum absolute atomic E-state index is 0.526. The third-order valence-corrected chi connectivity index (χ3v) is 5.83. The molecular weight excluding hydrogens is 316 g/mol. The van der Waals surface area contributed by atoms with E-state index in [2.05, 4.69) is 71.7 Å². The first kappa shape index (κ1) is 17.5. The number of nitrogens with zero attached hydrogens (tertiary/aromatic N) is 1. The zero-order valence-electron chi connectivity index (χ0n) is 15.9. The van der Waals surface area contributed by atoms with Crippen LogP contribution in [0.2, 0.25) is 0 Å². The Balaban J connectivity index is 1.83. The molecule has 0 unspecified atom stereocenters. The van der Waals surface area contributed by atoms with Gasteiger partial charge in [0.25, 0.3) is 0 Å². The second-order valence-corrected chi connectivity index (χ2v) is 7.53. The van der Waals surface area contributed by atoms with Crippen molar-refractivity contribution in [3.63, 3.8) is 0 Å². The lowest BCUT2D eigenvalue weighted by Crippen LogP contribution is -2.45. The van der Waals surface area contributed by atoms with Gasteiger partial charge in [0.05, 0.1) is 0 Å². The van der Waals surface area contributed by atoms with Crippen molar-refractivity contribution >= 4 is 21.5 Å². The van der Waals surface area contributed by atoms with Crippen LogP contribution in [0.15, 0.2) is 54.6 Å². The smallest absolute Gasteiger partial charge is 0.0355 e. The Morgan fingerprint density at radius 2 is 1.58 bits per heavy atom. The minimum Gasteiger partial charge on any atom is -0.314 e. The van der Waals surface area contributed by atoms with Gasteiger partial charge < -0.3 is 5.32 Å². The molecule has 1 heterocycles. The number of nitrogens with one attached hydrogen (secondary N) is 1. The van der Waals surface area contributed by atoms with Crippen molar-refractivity contribution in [2.45, 2.75) is 38.6 Å². The molecule has 1 aliphatic rings. The van der Waals surface area contributed by atoms with Crippen LogP contribution in [0.1, 0.15) is 44.2 Å². The Morgan fingerprint density at radius 1 is 0.885 bits per heavy atom. The molecule has 0 spiro atoms. The van der Waals surface area contributed by atoms with Crippen molar-refractivity contribution in [2.75, 3.05) is 26.2 Å². The highest BCUT2D eigenvalue weighted by molar-refractivity contribution is 6.09. The lowest BCUT2D eigenvalue weighted by atomic mass is 9.90. The van der Waals surface area contributed by atoms with E-state index in [0.29, 0.717) is 6.04 Å². The molecule has 4 rings (SSSR count). The van der Waals surface area contributed by atoms with Gasteiger partial charge in [-0.3, -0.25) is 4.90 Å². The summed E-state index contributed by atoms with van der Waals surface area (Å²) in [6.45, 7) is 6.81. The Morgan fingerprint density at radius 3 is 2.35 bits per heavy atom. The largest absolute Gasteiger partial charge is 0.314 e. The quantitative estimate of drug-likeness (QED) is 0.467. The number of unbranched alkanes of at least 4 members (excludes halogenated alkanes) is 2. The molecule has 1 fully saturated rings. The molecule has 0 bridgehead atoms. The average Bonchev–Trinajstić information content (AvgIpc) is 2.71. The van der Waals surface area contributed by atoms with Gasteiger partial charge in [-0.2, -0.15) is 0 Å². The summed E-state index contributed by atoms with van der Waals surface area (Å²) < 4.78 is 0. The van der Waals surface area contributed by atoms with Crippen LogP contribution in [0, 0.1) is 0 Å². The van der Waals surface area contributed by atoms with Gasteiger partial charge >= 0.3 is 0 Å². The third kappa shape index (κ3) is 3.49. The Hall–Kier alpha value is -1.90. The maximum Gasteiger partial charge on any atom is 0.0355 e. The molecule has 136 valence electrons. The fourth-order valence-corrected chi connectivity index (χ4v) is 4.48. The number of fused-ring (bicyclic) bond motifs is 3. The van der Waals surface area contributed by atoms with Crippen molar-refractivity contribution in [3.8, 4) is 0 Å². The maximum atomic E-state index is 3.51. The molecule has 3 aromatic carbocycles. The van der Waals surface area contributed by atoms with E-state index in [1.165, 1.54) is 52.8 Å². The minimum atomic E-state index is 0.526. The zero-order chi connectivity index (χ0) is 17.8. The molecule has 26 heavy (non-hydrogen) atoms. The summed E-state index contributed by atoms with van der Waals surface area (Å²) in [6.07, 6.45) is 5.18. The van der Waals surface area contributed by atoms with Crippen molar-refractivity contribution in [2.24, 2.45) is 0 Å². The first-order valence-electron chi connectivity index (χ1n) is 10.2. The van der Waals surface area contributed by atoms with Gasteiger partial charge in [0.1, 0.15) is 0 Å². The standard InChI is InChI=1S/C24H30N2/c1-2-3-4-13-24(26-16-14-25-15-17-26)23-18-19-9-5-6-10-20(19)21-11-7-8-12-22(21)23/h5-12,18,24-25H,2-4,13-17H2,1H3/t24-/m1/s1. The topological polar surface area (TPSA) is 15.3 Å². The normalized spacial score (nSPS) is 17.0. The molecule has 1 N–H and O–H groups in total. The van der Waals surface area contributed by atoms with Crippen LogP contribution in [-0.2, 0) is 0 Å². The molecule has 0 aliphatic carbocycles. The SMILES string of the molecule is CCCCC[C@H](c1cc2ccccc2c2ccccc12)N1CCNCC1. The average molecular weight is 347 g/mol. The van der Waals surface area contributed by atoms with Gasteiger partial charge in [-0.1, -0.05) is 74.7 Å². The second kappa shape index (κ2) is 8.20. The fraction of sp³-hybridized carbons (Fsp3) is 0.417. The first-order chi connectivity index (χ1) is 12.9. The number of rotatable bonds is 6. The molecule has 2 nitrogen and oxygen atoms in total. The molecule has 1 saturated heterocycles. The predicted molar refractivity (Wildman–Crippen MR) is 113 cm³/mol. The Kier molecular flexibility index (Phi) is 5.52. The highest BCUT2D eigenvalue weighted by atomic mass is 15.2. The van der Waals surface area contributed by atoms with Crippen molar-refractivity contribution < 1.29 is 0 Å². The highest BCUT2D eigenvalue weighted by Gasteiger charge is 2.24. The molecule has 0 amide bonds. The predicted octanol–water partition coefficient (Wildman–Crippen LogP) is 5.52. The number of piperazine rings is 1. The fourth-order valence-electron chi connectivity index (χ4n) is 4.48. The van der Waals surface area contributed by atoms with Crippen molar-refractivity contribution in [3.05, 3.63) is 60.2 Å². The lowest BCUT2D eigenvalue weighted by molar-refractivity contribution is 0.164. The Labute approximate surface area is 157 Å². The van der Waals surface area contributed by atoms with E-state index < -0.39 is 0 Å². The number of hydrogen-bond acceptors (Lipinski definition) is 2. The number of benzene rings is 3. The van der Waals surface area contributed by atoms with Gasteiger partial charge in [0, 0.05) is 32.2 Å². The highest BCUT2D eigenvalue weighted by Crippen LogP contribution is 2.36. The van der Waals surface area contributed by atoms with E-state index >= 15 is 0 Å². The summed E-state index contributed by atoms with van der Waals surface area (Å²) >= 11 is 0. The zero-order valence-corrected chi connectivity index (χ0v) is 15.9. The monoisotopic (exact) mass is 346 g/mol. The van der Waals surface area contributed by atoms with E-state index in [4.69, 9.17) is 0 Å². The van der Waals surface area contributed by atoms with Gasteiger partial charge in [-0.25, -0.2) is 0 Å². The summed E-state index contributed by atoms with van der Waals surface area (Å²) in [5, 5.41) is 9.10. The molecule has 1 aliphatic heterocycles. The van der Waals surface area contributed by atoms with Gasteiger partial charge in [-0.15, -0.1) is 0 Å². The van der Waals surface area contributed by atoms with Crippen LogP contribution in [-0.4, -0.2) is 31.1 Å². The van der Waals surface area contributed by atoms with E-state index in [0.717, 1.165) is 26.2 Å². The van der Waals surface area contributed by atoms with Gasteiger partial charge in [0.2, 0.25) is 0 Å². The van der Waals surface area contributed by atoms with Gasteiger partial charge in [0.15, 0.2) is 0 Å².